The van der Waals surface area contributed by atoms with Crippen LogP contribution in [-0.4, -0.2) is 75.7 Å². The number of esters is 1. The van der Waals surface area contributed by atoms with E-state index in [0.29, 0.717) is 25.8 Å². The summed E-state index contributed by atoms with van der Waals surface area (Å²) >= 11 is 3.66. The Bertz CT molecular complexity index is 797. The van der Waals surface area contributed by atoms with Crippen LogP contribution < -0.4 is 5.32 Å². The van der Waals surface area contributed by atoms with Crippen molar-refractivity contribution < 1.29 is 29.0 Å². The van der Waals surface area contributed by atoms with Gasteiger partial charge in [-0.1, -0.05) is 36.7 Å². The SMILES string of the molecule is CCOC(=O)[C@H]1[C@H]2C(=O)N(CCCCCO)C(C(=O)NC(C)(C)CC(C)(C)C)C23CC(Br)[C@@H]1O3. The summed E-state index contributed by atoms with van der Waals surface area (Å²) in [4.78, 5) is 42.0. The molecule has 0 aromatic rings. The Morgan fingerprint density at radius 2 is 1.91 bits per heavy atom. The normalized spacial score (nSPS) is 32.8. The predicted octanol–water partition coefficient (Wildman–Crippen LogP) is 2.79. The molecule has 3 saturated heterocycles. The number of carbonyl (C=O) groups is 3. The van der Waals surface area contributed by atoms with Gasteiger partial charge >= 0.3 is 5.97 Å². The Balaban J connectivity index is 1.94. The van der Waals surface area contributed by atoms with E-state index in [9.17, 15) is 14.4 Å². The van der Waals surface area contributed by atoms with Gasteiger partial charge in [-0.3, -0.25) is 14.4 Å². The lowest BCUT2D eigenvalue weighted by Gasteiger charge is -2.38. The van der Waals surface area contributed by atoms with Crippen LogP contribution in [0.15, 0.2) is 0 Å². The molecule has 8 nitrogen and oxygen atoms in total. The summed E-state index contributed by atoms with van der Waals surface area (Å²) in [5.74, 6) is -2.35. The fraction of sp³-hybridized carbons (Fsp3) is 0.880. The molecular weight excluding hydrogens is 504 g/mol. The number of aliphatic hydroxyl groups is 1. The van der Waals surface area contributed by atoms with Crippen LogP contribution in [-0.2, 0) is 23.9 Å². The maximum Gasteiger partial charge on any atom is 0.312 e. The fourth-order valence-corrected chi connectivity index (χ4v) is 7.46. The summed E-state index contributed by atoms with van der Waals surface area (Å²) in [6.07, 6.45) is 2.79. The highest BCUT2D eigenvalue weighted by Crippen LogP contribution is 2.60. The number of nitrogens with zero attached hydrogens (tertiary/aromatic N) is 1. The molecule has 3 unspecified atom stereocenters. The molecule has 3 fully saturated rings. The lowest BCUT2D eigenvalue weighted by Crippen LogP contribution is -2.59. The van der Waals surface area contributed by atoms with Gasteiger partial charge in [0.25, 0.3) is 0 Å². The topological polar surface area (TPSA) is 105 Å². The van der Waals surface area contributed by atoms with Crippen LogP contribution in [0.3, 0.4) is 0 Å². The molecule has 3 aliphatic rings. The first-order valence-corrected chi connectivity index (χ1v) is 13.4. The monoisotopic (exact) mass is 544 g/mol. The Kier molecular flexibility index (Phi) is 8.10. The number of likely N-dealkylation sites (tertiary alicyclic amines) is 1. The van der Waals surface area contributed by atoms with Crippen LogP contribution in [0.2, 0.25) is 0 Å². The number of fused-ring (bicyclic) bond motifs is 1. The third kappa shape index (κ3) is 5.16. The minimum Gasteiger partial charge on any atom is -0.466 e. The van der Waals surface area contributed by atoms with E-state index in [-0.39, 0.29) is 35.3 Å². The zero-order valence-corrected chi connectivity index (χ0v) is 22.9. The van der Waals surface area contributed by atoms with Crippen LogP contribution in [0.25, 0.3) is 0 Å². The van der Waals surface area contributed by atoms with Crippen LogP contribution in [0.4, 0.5) is 0 Å². The number of amides is 2. The molecule has 0 saturated carbocycles. The molecule has 0 aliphatic carbocycles. The minimum atomic E-state index is -1.06. The number of hydrogen-bond donors (Lipinski definition) is 2. The second kappa shape index (κ2) is 10.1. The maximum absolute atomic E-state index is 13.9. The summed E-state index contributed by atoms with van der Waals surface area (Å²) in [7, 11) is 0. The van der Waals surface area contributed by atoms with Gasteiger partial charge in [0.15, 0.2) is 0 Å². The number of unbranched alkanes of at least 4 members (excludes halogenated alkanes) is 2. The number of nitrogens with one attached hydrogen (secondary N) is 1. The first kappa shape index (κ1) is 27.4. The number of ether oxygens (including phenoxy) is 2. The van der Waals surface area contributed by atoms with E-state index in [1.807, 2.05) is 13.8 Å². The molecule has 1 spiro atoms. The molecule has 34 heavy (non-hydrogen) atoms. The van der Waals surface area contributed by atoms with Crippen molar-refractivity contribution in [1.29, 1.82) is 0 Å². The number of hydrogen-bond acceptors (Lipinski definition) is 6. The highest BCUT2D eigenvalue weighted by molar-refractivity contribution is 9.09. The lowest BCUT2D eigenvalue weighted by molar-refractivity contribution is -0.154. The molecule has 2 amide bonds. The highest BCUT2D eigenvalue weighted by atomic mass is 79.9. The van der Waals surface area contributed by atoms with Crippen LogP contribution >= 0.6 is 15.9 Å². The molecule has 0 radical (unpaired) electrons. The number of rotatable bonds is 10. The standard InChI is InChI=1S/C25H41BrN2O6/c1-7-33-22(32)16-17-21(31)28(11-9-8-10-12-29)19(25(17)13-15(26)18(16)34-25)20(30)27-24(5,6)14-23(2,3)4/h15-19,29H,7-14H2,1-6H3,(H,27,30)/t15?,16-,17-,18-,19?,25?/m0/s1. The van der Waals surface area contributed by atoms with Gasteiger partial charge in [-0.05, 0) is 58.3 Å². The van der Waals surface area contributed by atoms with E-state index >= 15 is 0 Å². The third-order valence-corrected chi connectivity index (χ3v) is 7.93. The lowest BCUT2D eigenvalue weighted by atomic mass is 9.70. The molecule has 2 N–H and O–H groups in total. The van der Waals surface area contributed by atoms with Gasteiger partial charge in [-0.2, -0.15) is 0 Å². The molecule has 0 aromatic carbocycles. The van der Waals surface area contributed by atoms with Gasteiger partial charge in [0.2, 0.25) is 11.8 Å². The molecule has 9 heteroatoms. The van der Waals surface area contributed by atoms with Gasteiger partial charge < -0.3 is 24.8 Å². The van der Waals surface area contributed by atoms with Crippen LogP contribution in [0.1, 0.15) is 73.6 Å². The van der Waals surface area contributed by atoms with Crippen LogP contribution in [0.5, 0.6) is 0 Å². The van der Waals surface area contributed by atoms with Gasteiger partial charge in [-0.25, -0.2) is 0 Å². The Morgan fingerprint density at radius 1 is 1.24 bits per heavy atom. The predicted molar refractivity (Wildman–Crippen MR) is 131 cm³/mol. The largest absolute Gasteiger partial charge is 0.466 e. The second-order valence-electron chi connectivity index (χ2n) is 11.8. The average Bonchev–Trinajstić information content (AvgIpc) is 3.26. The van der Waals surface area contributed by atoms with Crippen LogP contribution in [0, 0.1) is 17.3 Å². The summed E-state index contributed by atoms with van der Waals surface area (Å²) in [6.45, 7) is 12.8. The zero-order chi connectivity index (χ0) is 25.5. The number of alkyl halides is 1. The first-order valence-electron chi connectivity index (χ1n) is 12.5. The Hall–Kier alpha value is -1.19. The highest BCUT2D eigenvalue weighted by Gasteiger charge is 2.76. The summed E-state index contributed by atoms with van der Waals surface area (Å²) < 4.78 is 11.8. The first-order chi connectivity index (χ1) is 15.8. The van der Waals surface area contributed by atoms with Crippen molar-refractivity contribution in [3.05, 3.63) is 0 Å². The average molecular weight is 546 g/mol. The molecule has 3 aliphatic heterocycles. The molecule has 3 heterocycles. The van der Waals surface area contributed by atoms with E-state index in [2.05, 4.69) is 42.0 Å². The number of halogens is 1. The molecule has 0 aromatic heterocycles. The molecular formula is C25H41BrN2O6. The van der Waals surface area contributed by atoms with Gasteiger partial charge in [0.1, 0.15) is 11.6 Å². The third-order valence-electron chi connectivity index (χ3n) is 7.09. The minimum absolute atomic E-state index is 0.00531. The summed E-state index contributed by atoms with van der Waals surface area (Å²) in [5, 5.41) is 12.3. The van der Waals surface area contributed by atoms with E-state index in [1.165, 1.54) is 0 Å². The van der Waals surface area contributed by atoms with Gasteiger partial charge in [-0.15, -0.1) is 0 Å². The van der Waals surface area contributed by atoms with Crippen molar-refractivity contribution >= 4 is 33.7 Å². The molecule has 6 atom stereocenters. The maximum atomic E-state index is 13.9. The quantitative estimate of drug-likeness (QED) is 0.249. The zero-order valence-electron chi connectivity index (χ0n) is 21.4. The number of aliphatic hydroxyl groups excluding tert-OH is 1. The van der Waals surface area contributed by atoms with E-state index in [4.69, 9.17) is 14.6 Å². The fourth-order valence-electron chi connectivity index (χ4n) is 6.52. The van der Waals surface area contributed by atoms with Crippen molar-refractivity contribution in [2.75, 3.05) is 19.8 Å². The van der Waals surface area contributed by atoms with Crippen molar-refractivity contribution in [3.63, 3.8) is 0 Å². The molecule has 194 valence electrons. The summed E-state index contributed by atoms with van der Waals surface area (Å²) in [6, 6.07) is -0.817. The Labute approximate surface area is 211 Å². The smallest absolute Gasteiger partial charge is 0.312 e. The summed E-state index contributed by atoms with van der Waals surface area (Å²) in [5.41, 5.74) is -1.54. The molecule has 3 rings (SSSR count). The van der Waals surface area contributed by atoms with E-state index in [1.54, 1.807) is 11.8 Å². The van der Waals surface area contributed by atoms with E-state index in [0.717, 1.165) is 12.8 Å². The second-order valence-corrected chi connectivity index (χ2v) is 13.0. The van der Waals surface area contributed by atoms with Crippen molar-refractivity contribution in [2.24, 2.45) is 17.3 Å². The van der Waals surface area contributed by atoms with Crippen molar-refractivity contribution in [1.82, 2.24) is 10.2 Å². The van der Waals surface area contributed by atoms with Crippen molar-refractivity contribution in [2.45, 2.75) is 102 Å². The van der Waals surface area contributed by atoms with E-state index < -0.39 is 41.1 Å². The Morgan fingerprint density at radius 3 is 2.50 bits per heavy atom. The number of carbonyl (C=O) groups excluding carboxylic acids is 3. The van der Waals surface area contributed by atoms with Crippen molar-refractivity contribution in [3.8, 4) is 0 Å². The van der Waals surface area contributed by atoms with Gasteiger partial charge in [0, 0.05) is 23.5 Å². The van der Waals surface area contributed by atoms with Gasteiger partial charge in [0.05, 0.1) is 24.5 Å². The molecule has 2 bridgehead atoms.